The summed E-state index contributed by atoms with van der Waals surface area (Å²) in [6.07, 6.45) is 1.97. The van der Waals surface area contributed by atoms with E-state index >= 15 is 0 Å². The summed E-state index contributed by atoms with van der Waals surface area (Å²) in [5, 5.41) is 6.21. The van der Waals surface area contributed by atoms with Crippen LogP contribution in [-0.2, 0) is 0 Å². The van der Waals surface area contributed by atoms with E-state index in [4.69, 9.17) is 4.74 Å². The molecule has 0 aliphatic rings. The van der Waals surface area contributed by atoms with Gasteiger partial charge >= 0.3 is 0 Å². The van der Waals surface area contributed by atoms with E-state index in [2.05, 4.69) is 20.6 Å². The number of nitrogens with zero attached hydrogens (tertiary/aromatic N) is 2. The van der Waals surface area contributed by atoms with Crippen molar-refractivity contribution in [2.75, 3.05) is 17.7 Å². The number of aromatic nitrogens is 2. The summed E-state index contributed by atoms with van der Waals surface area (Å²) < 4.78 is 5.62. The van der Waals surface area contributed by atoms with Gasteiger partial charge in [0.2, 0.25) is 5.95 Å². The summed E-state index contributed by atoms with van der Waals surface area (Å²) >= 11 is 0. The number of benzene rings is 1. The minimum atomic E-state index is 0.177. The van der Waals surface area contributed by atoms with Crippen LogP contribution in [0.1, 0.15) is 19.4 Å². The second kappa shape index (κ2) is 6.23. The zero-order chi connectivity index (χ0) is 14.5. The Morgan fingerprint density at radius 3 is 2.45 bits per heavy atom. The molecule has 0 spiro atoms. The molecule has 1 aromatic carbocycles. The van der Waals surface area contributed by atoms with Crippen molar-refractivity contribution in [2.24, 2.45) is 0 Å². The van der Waals surface area contributed by atoms with Gasteiger partial charge in [-0.3, -0.25) is 0 Å². The highest BCUT2D eigenvalue weighted by Gasteiger charge is 2.04. The predicted molar refractivity (Wildman–Crippen MR) is 81.8 cm³/mol. The zero-order valence-electron chi connectivity index (χ0n) is 12.3. The zero-order valence-corrected chi connectivity index (χ0v) is 12.3. The monoisotopic (exact) mass is 272 g/mol. The topological polar surface area (TPSA) is 59.1 Å². The standard InChI is InChI=1S/C15H20N4O/c1-10(2)20-13-7-5-12(6-8-13)18-14-11(3)9-17-15(16-4)19-14/h5-10H,1-4H3,(H2,16,17,18,19). The van der Waals surface area contributed by atoms with Crippen molar-refractivity contribution in [3.05, 3.63) is 36.0 Å². The second-order valence-electron chi connectivity index (χ2n) is 4.79. The Bertz CT molecular complexity index is 567. The van der Waals surface area contributed by atoms with Crippen molar-refractivity contribution in [1.82, 2.24) is 9.97 Å². The maximum absolute atomic E-state index is 5.62. The molecule has 106 valence electrons. The molecule has 0 saturated heterocycles. The van der Waals surface area contributed by atoms with Crippen LogP contribution in [0.25, 0.3) is 0 Å². The van der Waals surface area contributed by atoms with E-state index in [0.29, 0.717) is 5.95 Å². The molecule has 5 heteroatoms. The van der Waals surface area contributed by atoms with Crippen LogP contribution in [0.3, 0.4) is 0 Å². The van der Waals surface area contributed by atoms with Crippen molar-refractivity contribution in [3.8, 4) is 5.75 Å². The Hall–Kier alpha value is -2.30. The largest absolute Gasteiger partial charge is 0.491 e. The maximum atomic E-state index is 5.62. The Morgan fingerprint density at radius 1 is 1.15 bits per heavy atom. The Morgan fingerprint density at radius 2 is 1.85 bits per heavy atom. The highest BCUT2D eigenvalue weighted by Crippen LogP contribution is 2.22. The van der Waals surface area contributed by atoms with Crippen LogP contribution < -0.4 is 15.4 Å². The molecule has 0 radical (unpaired) electrons. The highest BCUT2D eigenvalue weighted by molar-refractivity contribution is 5.60. The number of hydrogen-bond acceptors (Lipinski definition) is 5. The molecule has 1 heterocycles. The fourth-order valence-corrected chi connectivity index (χ4v) is 1.71. The van der Waals surface area contributed by atoms with Gasteiger partial charge in [-0.1, -0.05) is 0 Å². The first-order valence-electron chi connectivity index (χ1n) is 6.63. The van der Waals surface area contributed by atoms with Gasteiger partial charge in [0.25, 0.3) is 0 Å². The molecule has 5 nitrogen and oxygen atoms in total. The van der Waals surface area contributed by atoms with Crippen molar-refractivity contribution < 1.29 is 4.74 Å². The van der Waals surface area contributed by atoms with Crippen molar-refractivity contribution in [3.63, 3.8) is 0 Å². The van der Waals surface area contributed by atoms with Crippen LogP contribution in [0.5, 0.6) is 5.75 Å². The smallest absolute Gasteiger partial charge is 0.224 e. The normalized spacial score (nSPS) is 10.4. The molecular formula is C15H20N4O. The number of anilines is 3. The van der Waals surface area contributed by atoms with Crippen LogP contribution in [0.4, 0.5) is 17.5 Å². The first-order chi connectivity index (χ1) is 9.58. The summed E-state index contributed by atoms with van der Waals surface area (Å²) in [7, 11) is 1.80. The summed E-state index contributed by atoms with van der Waals surface area (Å²) in [6, 6.07) is 7.83. The van der Waals surface area contributed by atoms with Crippen molar-refractivity contribution in [1.29, 1.82) is 0 Å². The Balaban J connectivity index is 2.13. The first-order valence-corrected chi connectivity index (χ1v) is 6.63. The van der Waals surface area contributed by atoms with Crippen LogP contribution >= 0.6 is 0 Å². The molecule has 2 N–H and O–H groups in total. The molecule has 0 saturated carbocycles. The Kier molecular flexibility index (Phi) is 4.40. The second-order valence-corrected chi connectivity index (χ2v) is 4.79. The predicted octanol–water partition coefficient (Wildman–Crippen LogP) is 3.36. The van der Waals surface area contributed by atoms with Gasteiger partial charge in [0.15, 0.2) is 0 Å². The fourth-order valence-electron chi connectivity index (χ4n) is 1.71. The highest BCUT2D eigenvalue weighted by atomic mass is 16.5. The summed E-state index contributed by atoms with van der Waals surface area (Å²) in [4.78, 5) is 8.56. The third kappa shape index (κ3) is 3.60. The van der Waals surface area contributed by atoms with Gasteiger partial charge in [-0.25, -0.2) is 4.98 Å². The fraction of sp³-hybridized carbons (Fsp3) is 0.333. The van der Waals surface area contributed by atoms with Crippen LogP contribution in [0.2, 0.25) is 0 Å². The van der Waals surface area contributed by atoms with E-state index in [1.807, 2.05) is 45.0 Å². The molecule has 2 rings (SSSR count). The molecule has 0 amide bonds. The van der Waals surface area contributed by atoms with E-state index in [1.54, 1.807) is 13.2 Å². The molecule has 0 unspecified atom stereocenters. The molecule has 0 bridgehead atoms. The lowest BCUT2D eigenvalue weighted by Gasteiger charge is -2.12. The minimum absolute atomic E-state index is 0.177. The van der Waals surface area contributed by atoms with Gasteiger partial charge in [-0.15, -0.1) is 0 Å². The molecular weight excluding hydrogens is 252 g/mol. The summed E-state index contributed by atoms with van der Waals surface area (Å²) in [6.45, 7) is 5.99. The van der Waals surface area contributed by atoms with Crippen LogP contribution in [-0.4, -0.2) is 23.1 Å². The quantitative estimate of drug-likeness (QED) is 0.874. The number of aryl methyl sites for hydroxylation is 1. The SMILES string of the molecule is CNc1ncc(C)c(Nc2ccc(OC(C)C)cc2)n1. The van der Waals surface area contributed by atoms with E-state index in [9.17, 15) is 0 Å². The lowest BCUT2D eigenvalue weighted by atomic mass is 10.2. The molecule has 20 heavy (non-hydrogen) atoms. The van der Waals surface area contributed by atoms with Gasteiger partial charge in [0.05, 0.1) is 6.10 Å². The molecule has 0 aliphatic carbocycles. The third-order valence-corrected chi connectivity index (χ3v) is 2.68. The molecule has 0 aliphatic heterocycles. The first kappa shape index (κ1) is 14.1. The van der Waals surface area contributed by atoms with Crippen molar-refractivity contribution in [2.45, 2.75) is 26.9 Å². The summed E-state index contributed by atoms with van der Waals surface area (Å²) in [5.41, 5.74) is 1.96. The number of rotatable bonds is 5. The number of hydrogen-bond donors (Lipinski definition) is 2. The molecule has 0 fully saturated rings. The van der Waals surface area contributed by atoms with Gasteiger partial charge in [-0.05, 0) is 45.0 Å². The van der Waals surface area contributed by atoms with Crippen LogP contribution in [0, 0.1) is 6.92 Å². The van der Waals surface area contributed by atoms with Gasteiger partial charge < -0.3 is 15.4 Å². The number of nitrogens with one attached hydrogen (secondary N) is 2. The van der Waals surface area contributed by atoms with Gasteiger partial charge in [-0.2, -0.15) is 4.98 Å². The van der Waals surface area contributed by atoms with Gasteiger partial charge in [0.1, 0.15) is 11.6 Å². The average molecular weight is 272 g/mol. The number of ether oxygens (including phenoxy) is 1. The van der Waals surface area contributed by atoms with Gasteiger partial charge in [0, 0.05) is 24.5 Å². The maximum Gasteiger partial charge on any atom is 0.224 e. The Labute approximate surface area is 119 Å². The van der Waals surface area contributed by atoms with Crippen LogP contribution in [0.15, 0.2) is 30.5 Å². The van der Waals surface area contributed by atoms with E-state index in [1.165, 1.54) is 0 Å². The molecule has 1 aromatic heterocycles. The van der Waals surface area contributed by atoms with E-state index in [-0.39, 0.29) is 6.10 Å². The third-order valence-electron chi connectivity index (χ3n) is 2.68. The average Bonchev–Trinajstić information content (AvgIpc) is 2.43. The lowest BCUT2D eigenvalue weighted by molar-refractivity contribution is 0.242. The van der Waals surface area contributed by atoms with E-state index < -0.39 is 0 Å². The van der Waals surface area contributed by atoms with Crippen molar-refractivity contribution >= 4 is 17.5 Å². The molecule has 2 aromatic rings. The molecule has 0 atom stereocenters. The summed E-state index contributed by atoms with van der Waals surface area (Å²) in [5.74, 6) is 2.25. The lowest BCUT2D eigenvalue weighted by Crippen LogP contribution is -2.05. The minimum Gasteiger partial charge on any atom is -0.491 e. The van der Waals surface area contributed by atoms with E-state index in [0.717, 1.165) is 22.8 Å².